The number of rotatable bonds is 3. The molecule has 0 radical (unpaired) electrons. The first kappa shape index (κ1) is 31.4. The molecule has 156 valence electrons. The van der Waals surface area contributed by atoms with Crippen LogP contribution in [0.3, 0.4) is 0 Å². The molecule has 6 heteroatoms. The molecule has 0 aliphatic heterocycles. The summed E-state index contributed by atoms with van der Waals surface area (Å²) in [6.07, 6.45) is 0. The van der Waals surface area contributed by atoms with E-state index < -0.39 is 0 Å². The fraction of sp³-hybridized carbons (Fsp3) is 0.143. The first-order valence-corrected chi connectivity index (χ1v) is 11.1. The van der Waals surface area contributed by atoms with Gasteiger partial charge in [-0.2, -0.15) is 0 Å². The third-order valence-electron chi connectivity index (χ3n) is 1.89. The first-order chi connectivity index (χ1) is 16.8. The quantitative estimate of drug-likeness (QED) is 0.214. The van der Waals surface area contributed by atoms with Crippen LogP contribution in [-0.4, -0.2) is 29.2 Å². The van der Waals surface area contributed by atoms with E-state index >= 15 is 0 Å². The molecule has 3 nitrogen and oxygen atoms in total. The van der Waals surface area contributed by atoms with E-state index in [1.54, 1.807) is 13.8 Å². The zero-order chi connectivity index (χ0) is 25.2. The van der Waals surface area contributed by atoms with E-state index in [2.05, 4.69) is 147 Å². The molecule has 0 saturated carbocycles. The van der Waals surface area contributed by atoms with Gasteiger partial charge in [-0.05, 0) is 13.8 Å². The predicted molar refractivity (Wildman–Crippen MR) is 142 cm³/mol. The van der Waals surface area contributed by atoms with Gasteiger partial charge in [0.2, 0.25) is 0 Å². The maximum atomic E-state index is 8.03. The molecule has 0 spiro atoms. The molecule has 0 unspecified atom stereocenters. The second kappa shape index (κ2) is 32.9. The van der Waals surface area contributed by atoms with Crippen LogP contribution in [0.2, 0.25) is 0 Å². The number of hydrogen-bond acceptors (Lipinski definition) is 5. The van der Waals surface area contributed by atoms with E-state index in [-0.39, 0.29) is 11.9 Å². The van der Waals surface area contributed by atoms with Gasteiger partial charge in [0.1, 0.15) is 0 Å². The molecule has 0 aromatic heterocycles. The molecule has 2 N–H and O–H groups in total. The Kier molecular flexibility index (Phi) is 30.3. The van der Waals surface area contributed by atoms with Gasteiger partial charge in [0, 0.05) is 0 Å². The summed E-state index contributed by atoms with van der Waals surface area (Å²) in [7, 11) is 3.76. The van der Waals surface area contributed by atoms with Gasteiger partial charge >= 0.3 is 148 Å². The van der Waals surface area contributed by atoms with Crippen LogP contribution < -0.4 is 0 Å². The van der Waals surface area contributed by atoms with Gasteiger partial charge < -0.3 is 10.2 Å². The van der Waals surface area contributed by atoms with Crippen LogP contribution in [0.25, 0.3) is 0 Å². The summed E-state index contributed by atoms with van der Waals surface area (Å²) in [6.45, 7) is 3.39. The Morgan fingerprint density at radius 1 is 0.500 bits per heavy atom. The Morgan fingerprint density at radius 2 is 0.824 bits per heavy atom. The number of aliphatic hydroxyl groups excluding tert-OH is 2. The van der Waals surface area contributed by atoms with E-state index in [1.165, 1.54) is 28.7 Å². The Morgan fingerprint density at radius 3 is 1.18 bits per heavy atom. The van der Waals surface area contributed by atoms with Gasteiger partial charge in [-0.15, -0.1) is 0 Å². The Bertz CT molecular complexity index is 1350. The summed E-state index contributed by atoms with van der Waals surface area (Å²) in [5.41, 5.74) is 0. The van der Waals surface area contributed by atoms with Crippen molar-refractivity contribution >= 4 is 28.7 Å². The molecule has 0 amide bonds. The van der Waals surface area contributed by atoms with Crippen molar-refractivity contribution in [1.29, 1.82) is 0 Å². The molecule has 0 saturated heterocycles. The van der Waals surface area contributed by atoms with Crippen LogP contribution in [0.15, 0.2) is 4.90 Å². The van der Waals surface area contributed by atoms with Gasteiger partial charge in [-0.25, -0.2) is 0 Å². The van der Waals surface area contributed by atoms with E-state index in [9.17, 15) is 0 Å². The number of hydrogen-bond donors (Lipinski definition) is 2. The fourth-order valence-electron chi connectivity index (χ4n) is 0.893. The van der Waals surface area contributed by atoms with Gasteiger partial charge in [0.05, 0.1) is 11.9 Å². The van der Waals surface area contributed by atoms with Crippen molar-refractivity contribution in [3.05, 3.63) is 0 Å². The minimum Gasteiger partial charge on any atom is -0.385 e. The molecule has 0 aromatic carbocycles. The van der Waals surface area contributed by atoms with E-state index in [0.29, 0.717) is 0 Å². The maximum absolute atomic E-state index is 8.03. The Balaban J connectivity index is 0. The molecule has 0 aliphatic rings. The summed E-state index contributed by atoms with van der Waals surface area (Å²) in [4.78, 5) is 3.71. The molecule has 0 aromatic rings. The fourth-order valence-corrected chi connectivity index (χ4v) is 1.49. The van der Waals surface area contributed by atoms with Crippen LogP contribution in [0.5, 0.6) is 0 Å². The van der Waals surface area contributed by atoms with E-state index in [4.69, 9.17) is 10.2 Å². The van der Waals surface area contributed by atoms with Gasteiger partial charge in [0.15, 0.2) is 0 Å². The summed E-state index contributed by atoms with van der Waals surface area (Å²) in [5, 5.41) is 16.1. The van der Waals surface area contributed by atoms with Crippen molar-refractivity contribution in [3.8, 4) is 142 Å². The molecule has 34 heavy (non-hydrogen) atoms. The molecule has 0 fully saturated rings. The average molecular weight is 469 g/mol. The van der Waals surface area contributed by atoms with E-state index in [1.807, 2.05) is 0 Å². The van der Waals surface area contributed by atoms with Gasteiger partial charge in [0.25, 0.3) is 0 Å². The zero-order valence-corrected chi connectivity index (χ0v) is 19.8. The second-order valence-electron chi connectivity index (χ2n) is 4.01. The molecule has 0 aliphatic carbocycles. The third kappa shape index (κ3) is 34.7. The number of nitrogens with zero attached hydrogens (tertiary/aromatic N) is 1. The van der Waals surface area contributed by atoms with Crippen molar-refractivity contribution in [3.63, 3.8) is 0 Å². The van der Waals surface area contributed by atoms with Crippen LogP contribution in [0, 0.1) is 142 Å². The van der Waals surface area contributed by atoms with Crippen LogP contribution in [0.1, 0.15) is 13.8 Å². The van der Waals surface area contributed by atoms with Gasteiger partial charge in [-0.3, -0.25) is 0 Å². The third-order valence-corrected chi connectivity index (χ3v) is 3.40. The molecular formula is C28H12BNO2S2. The summed E-state index contributed by atoms with van der Waals surface area (Å²) >= 11 is 0. The zero-order valence-electron chi connectivity index (χ0n) is 18.1. The topological polar surface area (TPSA) is 52.8 Å². The predicted octanol–water partition coefficient (Wildman–Crippen LogP) is 1.14. The number of aliphatic hydroxyl groups is 2. The summed E-state index contributed by atoms with van der Waals surface area (Å²) in [6, 6.07) is 2.44. The van der Waals surface area contributed by atoms with Crippen molar-refractivity contribution in [2.75, 3.05) is 11.9 Å². The van der Waals surface area contributed by atoms with E-state index in [0.717, 1.165) is 0 Å². The van der Waals surface area contributed by atoms with Crippen LogP contribution in [0.4, 0.5) is 0 Å². The van der Waals surface area contributed by atoms with Crippen LogP contribution in [-0.2, 0) is 0 Å². The van der Waals surface area contributed by atoms with Crippen molar-refractivity contribution in [1.82, 2.24) is 0 Å². The minimum atomic E-state index is 0.0746. The SMILES string of the molecule is CC#CC#CC#CC#CC#CC#CB=NC#CC#CC#CC#CC#CC#CC.OCSSCO. The van der Waals surface area contributed by atoms with Crippen molar-refractivity contribution in [2.45, 2.75) is 13.8 Å². The molecule has 0 rings (SSSR count). The van der Waals surface area contributed by atoms with Crippen molar-refractivity contribution < 1.29 is 10.2 Å². The molecule has 0 bridgehead atoms. The first-order valence-electron chi connectivity index (χ1n) is 8.65. The van der Waals surface area contributed by atoms with Crippen molar-refractivity contribution in [2.24, 2.45) is 4.90 Å². The molecular weight excluding hydrogens is 457 g/mol. The Labute approximate surface area is 211 Å². The van der Waals surface area contributed by atoms with Gasteiger partial charge in [-0.1, -0.05) is 27.5 Å². The average Bonchev–Trinajstić information content (AvgIpc) is 2.85. The second-order valence-corrected chi connectivity index (χ2v) is 6.41. The standard InChI is InChI=1S/C26H6BN.C2H6O2S2/c1-3-5-7-9-11-13-15-17-19-21-23-25-27-28-26-24-22-20-18-16-14-12-10-8-6-4-2;3-1-5-6-2-4/h1-2H3;3-4H,1-2H2. The Hall–Kier alpha value is -4.80. The molecule has 0 heterocycles. The van der Waals surface area contributed by atoms with Crippen LogP contribution >= 0.6 is 21.6 Å². The summed E-state index contributed by atoms with van der Waals surface area (Å²) < 4.78 is 0. The minimum absolute atomic E-state index is 0.0746. The molecule has 0 atom stereocenters. The summed E-state index contributed by atoms with van der Waals surface area (Å²) in [5.74, 6) is 58.3. The monoisotopic (exact) mass is 469 g/mol. The normalized spacial score (nSPS) is 5.29. The smallest absolute Gasteiger partial charge is 0.385 e.